The van der Waals surface area contributed by atoms with Gasteiger partial charge in [0.25, 0.3) is 0 Å². The van der Waals surface area contributed by atoms with Crippen molar-refractivity contribution < 1.29 is 14.4 Å². The summed E-state index contributed by atoms with van der Waals surface area (Å²) in [6.45, 7) is 8.26. The van der Waals surface area contributed by atoms with Crippen LogP contribution >= 0.6 is 0 Å². The van der Waals surface area contributed by atoms with Crippen LogP contribution in [0.25, 0.3) is 10.8 Å². The maximum atomic E-state index is 9.40. The lowest BCUT2D eigenvalue weighted by Gasteiger charge is -2.32. The summed E-state index contributed by atoms with van der Waals surface area (Å²) in [4.78, 5) is 0. The summed E-state index contributed by atoms with van der Waals surface area (Å²) < 4.78 is 12.2. The first-order valence-electron chi connectivity index (χ1n) is 7.32. The second kappa shape index (κ2) is 4.84. The van der Waals surface area contributed by atoms with Crippen LogP contribution in [-0.2, 0) is 15.9 Å². The monoisotopic (exact) mass is 284 g/mol. The summed E-state index contributed by atoms with van der Waals surface area (Å²) in [5.41, 5.74) is 1.28. The van der Waals surface area contributed by atoms with Gasteiger partial charge in [-0.2, -0.15) is 0 Å². The van der Waals surface area contributed by atoms with E-state index in [-0.39, 0.29) is 24.9 Å². The molecule has 1 N–H and O–H groups in total. The van der Waals surface area contributed by atoms with Gasteiger partial charge in [-0.1, -0.05) is 36.4 Å². The Labute approximate surface area is 126 Å². The molecule has 3 rings (SSSR count). The highest BCUT2D eigenvalue weighted by atomic mass is 16.7. The first kappa shape index (κ1) is 14.6. The molecule has 1 aliphatic heterocycles. The molecule has 21 heavy (non-hydrogen) atoms. The molecule has 0 radical (unpaired) electrons. The minimum absolute atomic E-state index is 0.0488. The van der Waals surface area contributed by atoms with Crippen molar-refractivity contribution >= 4 is 23.4 Å². The highest BCUT2D eigenvalue weighted by molar-refractivity contribution is 6.62. The molecule has 0 amide bonds. The summed E-state index contributed by atoms with van der Waals surface area (Å²) in [5.74, 6) is 0. The molecule has 4 heteroatoms. The van der Waals surface area contributed by atoms with Crippen molar-refractivity contribution in [1.29, 1.82) is 0 Å². The van der Waals surface area contributed by atoms with Gasteiger partial charge in [0.15, 0.2) is 0 Å². The number of aliphatic hydroxyl groups is 1. The molecular formula is C17H21BO3. The average Bonchev–Trinajstić information content (AvgIpc) is 2.66. The van der Waals surface area contributed by atoms with E-state index in [1.807, 2.05) is 30.3 Å². The summed E-state index contributed by atoms with van der Waals surface area (Å²) in [7, 11) is -0.350. The number of hydrogen-bond donors (Lipinski definition) is 1. The zero-order valence-corrected chi connectivity index (χ0v) is 13.0. The van der Waals surface area contributed by atoms with Crippen molar-refractivity contribution in [3.05, 3.63) is 42.0 Å². The molecule has 1 saturated heterocycles. The van der Waals surface area contributed by atoms with Crippen LogP contribution in [0, 0.1) is 0 Å². The Balaban J connectivity index is 2.00. The zero-order valence-electron chi connectivity index (χ0n) is 13.0. The van der Waals surface area contributed by atoms with Gasteiger partial charge in [0.2, 0.25) is 0 Å². The molecule has 1 fully saturated rings. The molecule has 0 spiro atoms. The van der Waals surface area contributed by atoms with Crippen molar-refractivity contribution in [3.63, 3.8) is 0 Å². The lowest BCUT2D eigenvalue weighted by molar-refractivity contribution is 0.00578. The van der Waals surface area contributed by atoms with Crippen LogP contribution in [0.3, 0.4) is 0 Å². The normalized spacial score (nSPS) is 20.1. The number of aliphatic hydroxyl groups excluding tert-OH is 1. The van der Waals surface area contributed by atoms with Crippen molar-refractivity contribution in [1.82, 2.24) is 0 Å². The highest BCUT2D eigenvalue weighted by Gasteiger charge is 2.51. The van der Waals surface area contributed by atoms with Gasteiger partial charge in [0.1, 0.15) is 0 Å². The van der Waals surface area contributed by atoms with Gasteiger partial charge in [-0.3, -0.25) is 0 Å². The quantitative estimate of drug-likeness (QED) is 0.862. The fourth-order valence-electron chi connectivity index (χ4n) is 2.63. The Hall–Kier alpha value is -1.36. The molecule has 110 valence electrons. The lowest BCUT2D eigenvalue weighted by Crippen LogP contribution is -2.41. The average molecular weight is 284 g/mol. The van der Waals surface area contributed by atoms with E-state index in [2.05, 4.69) is 33.8 Å². The fourth-order valence-corrected chi connectivity index (χ4v) is 2.63. The van der Waals surface area contributed by atoms with Gasteiger partial charge in [-0.25, -0.2) is 0 Å². The van der Waals surface area contributed by atoms with Gasteiger partial charge in [0.05, 0.1) is 17.8 Å². The molecule has 0 aliphatic carbocycles. The van der Waals surface area contributed by atoms with E-state index in [4.69, 9.17) is 9.31 Å². The van der Waals surface area contributed by atoms with E-state index >= 15 is 0 Å². The predicted molar refractivity (Wildman–Crippen MR) is 85.6 cm³/mol. The van der Waals surface area contributed by atoms with Crippen LogP contribution in [0.4, 0.5) is 0 Å². The number of hydrogen-bond acceptors (Lipinski definition) is 3. The smallest absolute Gasteiger partial charge is 0.399 e. The Kier molecular flexibility index (Phi) is 3.36. The number of benzene rings is 2. The maximum absolute atomic E-state index is 9.40. The summed E-state index contributed by atoms with van der Waals surface area (Å²) in [6.07, 6.45) is 0. The molecule has 0 atom stereocenters. The molecule has 2 aromatic rings. The van der Waals surface area contributed by atoms with Gasteiger partial charge in [-0.15, -0.1) is 0 Å². The van der Waals surface area contributed by atoms with Crippen LogP contribution in [0.15, 0.2) is 36.4 Å². The lowest BCUT2D eigenvalue weighted by atomic mass is 9.78. The van der Waals surface area contributed by atoms with Crippen LogP contribution in [0.2, 0.25) is 0 Å². The summed E-state index contributed by atoms with van der Waals surface area (Å²) in [5, 5.41) is 11.6. The molecule has 3 nitrogen and oxygen atoms in total. The van der Waals surface area contributed by atoms with Crippen molar-refractivity contribution in [2.75, 3.05) is 0 Å². The molecular weight excluding hydrogens is 263 g/mol. The molecule has 1 heterocycles. The van der Waals surface area contributed by atoms with Gasteiger partial charge in [-0.05, 0) is 49.5 Å². The largest absolute Gasteiger partial charge is 0.494 e. The molecule has 1 aliphatic rings. The Morgan fingerprint density at radius 2 is 1.67 bits per heavy atom. The molecule has 2 aromatic carbocycles. The number of fused-ring (bicyclic) bond motifs is 1. The second-order valence-corrected chi connectivity index (χ2v) is 6.64. The molecule has 0 aromatic heterocycles. The molecule has 0 bridgehead atoms. The Morgan fingerprint density at radius 3 is 2.29 bits per heavy atom. The van der Waals surface area contributed by atoms with Crippen molar-refractivity contribution in [2.24, 2.45) is 0 Å². The molecule has 0 saturated carbocycles. The summed E-state index contributed by atoms with van der Waals surface area (Å²) >= 11 is 0. The van der Waals surface area contributed by atoms with Crippen LogP contribution < -0.4 is 5.46 Å². The topological polar surface area (TPSA) is 38.7 Å². The highest BCUT2D eigenvalue weighted by Crippen LogP contribution is 2.36. The van der Waals surface area contributed by atoms with Crippen LogP contribution in [0.1, 0.15) is 33.3 Å². The third-order valence-electron chi connectivity index (χ3n) is 4.69. The van der Waals surface area contributed by atoms with Gasteiger partial charge >= 0.3 is 7.12 Å². The van der Waals surface area contributed by atoms with E-state index in [0.29, 0.717) is 0 Å². The standard InChI is InChI=1S/C17H21BO3/c1-16(2)17(3,4)21-18(20-16)14-8-9-15-12(10-14)6-5-7-13(15)11-19/h5-10,19H,11H2,1-4H3. The third-order valence-corrected chi connectivity index (χ3v) is 4.69. The second-order valence-electron chi connectivity index (χ2n) is 6.64. The van der Waals surface area contributed by atoms with E-state index in [9.17, 15) is 5.11 Å². The molecule has 0 unspecified atom stereocenters. The van der Waals surface area contributed by atoms with E-state index in [0.717, 1.165) is 21.8 Å². The Morgan fingerprint density at radius 1 is 1.00 bits per heavy atom. The third kappa shape index (κ3) is 2.37. The van der Waals surface area contributed by atoms with Crippen molar-refractivity contribution in [2.45, 2.75) is 45.5 Å². The first-order chi connectivity index (χ1) is 9.84. The SMILES string of the molecule is CC1(C)OB(c2ccc3c(CO)cccc3c2)OC1(C)C. The minimum atomic E-state index is -0.350. The maximum Gasteiger partial charge on any atom is 0.494 e. The minimum Gasteiger partial charge on any atom is -0.399 e. The van der Waals surface area contributed by atoms with E-state index in [1.54, 1.807) is 0 Å². The first-order valence-corrected chi connectivity index (χ1v) is 7.32. The van der Waals surface area contributed by atoms with Crippen LogP contribution in [-0.4, -0.2) is 23.4 Å². The van der Waals surface area contributed by atoms with Gasteiger partial charge in [0, 0.05) is 0 Å². The van der Waals surface area contributed by atoms with E-state index in [1.165, 1.54) is 0 Å². The predicted octanol–water partition coefficient (Wildman–Crippen LogP) is 2.63. The van der Waals surface area contributed by atoms with Crippen molar-refractivity contribution in [3.8, 4) is 0 Å². The van der Waals surface area contributed by atoms with Crippen LogP contribution in [0.5, 0.6) is 0 Å². The summed E-state index contributed by atoms with van der Waals surface area (Å²) in [6, 6.07) is 12.1. The fraction of sp³-hybridized carbons (Fsp3) is 0.412. The number of rotatable bonds is 2. The zero-order chi connectivity index (χ0) is 15.3. The van der Waals surface area contributed by atoms with Gasteiger partial charge < -0.3 is 14.4 Å². The van der Waals surface area contributed by atoms with E-state index < -0.39 is 0 Å². The Bertz CT molecular complexity index is 663.